The minimum absolute atomic E-state index is 0.454. The van der Waals surface area contributed by atoms with E-state index in [1.165, 1.54) is 77.0 Å². The molecule has 0 aromatic heterocycles. The topological polar surface area (TPSA) is 38.7 Å². The van der Waals surface area contributed by atoms with E-state index in [4.69, 9.17) is 9.47 Å². The first-order chi connectivity index (χ1) is 11.7. The van der Waals surface area contributed by atoms with Gasteiger partial charge in [-0.15, -0.1) is 0 Å². The maximum atomic E-state index is 9.76. The van der Waals surface area contributed by atoms with Crippen molar-refractivity contribution < 1.29 is 14.6 Å². The Kier molecular flexibility index (Phi) is 19.1. The molecule has 0 fully saturated rings. The van der Waals surface area contributed by atoms with Gasteiger partial charge in [0.15, 0.2) is 6.29 Å². The van der Waals surface area contributed by atoms with Gasteiger partial charge in [-0.25, -0.2) is 0 Å². The Morgan fingerprint density at radius 3 is 1.25 bits per heavy atom. The van der Waals surface area contributed by atoms with E-state index in [1.807, 2.05) is 0 Å². The zero-order chi connectivity index (χ0) is 17.9. The summed E-state index contributed by atoms with van der Waals surface area (Å²) in [4.78, 5) is 0. The van der Waals surface area contributed by atoms with Gasteiger partial charge in [0.1, 0.15) is 6.10 Å². The first-order valence-corrected chi connectivity index (χ1v) is 10.6. The fourth-order valence-electron chi connectivity index (χ4n) is 2.84. The molecule has 0 bridgehead atoms. The molecule has 3 nitrogen and oxygen atoms in total. The van der Waals surface area contributed by atoms with Crippen LogP contribution in [-0.4, -0.2) is 30.7 Å². The van der Waals surface area contributed by atoms with Crippen LogP contribution in [0.1, 0.15) is 111 Å². The summed E-state index contributed by atoms with van der Waals surface area (Å²) < 4.78 is 11.4. The summed E-state index contributed by atoms with van der Waals surface area (Å²) in [6.07, 6.45) is 16.8. The van der Waals surface area contributed by atoms with Crippen LogP contribution < -0.4 is 0 Å². The summed E-state index contributed by atoms with van der Waals surface area (Å²) >= 11 is 0. The molecule has 0 aliphatic carbocycles. The first-order valence-electron chi connectivity index (χ1n) is 10.6. The third-order valence-electron chi connectivity index (χ3n) is 4.45. The number of unbranched alkanes of at least 4 members (excludes halogenated alkanes) is 12. The lowest BCUT2D eigenvalue weighted by molar-refractivity contribution is -0.190. The summed E-state index contributed by atoms with van der Waals surface area (Å²) in [5.74, 6) is 0. The molecule has 0 heterocycles. The Morgan fingerprint density at radius 1 is 0.583 bits per heavy atom. The number of ether oxygens (including phenoxy) is 2. The molecule has 0 amide bonds. The smallest absolute Gasteiger partial charge is 0.183 e. The first kappa shape index (κ1) is 23.9. The Hall–Kier alpha value is -0.120. The van der Waals surface area contributed by atoms with Crippen LogP contribution in [0.25, 0.3) is 0 Å². The summed E-state index contributed by atoms with van der Waals surface area (Å²) in [6, 6.07) is 0. The van der Waals surface area contributed by atoms with Crippen molar-refractivity contribution in [2.24, 2.45) is 0 Å². The van der Waals surface area contributed by atoms with Crippen molar-refractivity contribution in [3.63, 3.8) is 0 Å². The van der Waals surface area contributed by atoms with Crippen LogP contribution in [0.3, 0.4) is 0 Å². The molecule has 0 aliphatic heterocycles. The lowest BCUT2D eigenvalue weighted by Crippen LogP contribution is -2.30. The standard InChI is InChI=1S/C21H44O3/c1-4-6-8-10-12-13-15-17-19-24-21(20(3)22)23-18-16-14-11-9-7-5-2/h20-22H,4-19H2,1-3H3. The Bertz CT molecular complexity index is 231. The highest BCUT2D eigenvalue weighted by atomic mass is 16.7. The Morgan fingerprint density at radius 2 is 0.917 bits per heavy atom. The van der Waals surface area contributed by atoms with Gasteiger partial charge in [-0.1, -0.05) is 90.9 Å². The van der Waals surface area contributed by atoms with Crippen molar-refractivity contribution in [3.8, 4) is 0 Å². The number of hydrogen-bond donors (Lipinski definition) is 1. The molecule has 0 rings (SSSR count). The average molecular weight is 345 g/mol. The van der Waals surface area contributed by atoms with Crippen LogP contribution in [0.15, 0.2) is 0 Å². The molecule has 0 aromatic carbocycles. The summed E-state index contributed by atoms with van der Waals surface area (Å²) in [7, 11) is 0. The predicted molar refractivity (Wildman–Crippen MR) is 103 cm³/mol. The SMILES string of the molecule is CCCCCCCCCCOC(OCCCCCCCC)C(C)O. The van der Waals surface area contributed by atoms with Crippen LogP contribution in [0.2, 0.25) is 0 Å². The molecule has 2 atom stereocenters. The third kappa shape index (κ3) is 16.7. The molecule has 24 heavy (non-hydrogen) atoms. The number of rotatable bonds is 19. The minimum Gasteiger partial charge on any atom is -0.388 e. The van der Waals surface area contributed by atoms with E-state index in [2.05, 4.69) is 13.8 Å². The largest absolute Gasteiger partial charge is 0.388 e. The van der Waals surface area contributed by atoms with Crippen LogP contribution in [0.5, 0.6) is 0 Å². The van der Waals surface area contributed by atoms with Crippen molar-refractivity contribution in [1.82, 2.24) is 0 Å². The van der Waals surface area contributed by atoms with Crippen molar-refractivity contribution >= 4 is 0 Å². The molecular weight excluding hydrogens is 300 g/mol. The van der Waals surface area contributed by atoms with E-state index in [0.29, 0.717) is 13.2 Å². The highest BCUT2D eigenvalue weighted by Crippen LogP contribution is 2.11. The summed E-state index contributed by atoms with van der Waals surface area (Å²) in [6.45, 7) is 7.63. The normalized spacial score (nSPS) is 14.0. The second-order valence-corrected chi connectivity index (χ2v) is 7.09. The van der Waals surface area contributed by atoms with Crippen molar-refractivity contribution in [1.29, 1.82) is 0 Å². The van der Waals surface area contributed by atoms with E-state index in [-0.39, 0.29) is 0 Å². The molecule has 0 spiro atoms. The van der Waals surface area contributed by atoms with Gasteiger partial charge in [-0.3, -0.25) is 0 Å². The molecule has 0 radical (unpaired) electrons. The zero-order valence-electron chi connectivity index (χ0n) is 16.7. The lowest BCUT2D eigenvalue weighted by Gasteiger charge is -2.21. The minimum atomic E-state index is -0.556. The van der Waals surface area contributed by atoms with Crippen LogP contribution in [-0.2, 0) is 9.47 Å². The lowest BCUT2D eigenvalue weighted by atomic mass is 10.1. The van der Waals surface area contributed by atoms with Gasteiger partial charge < -0.3 is 14.6 Å². The van der Waals surface area contributed by atoms with Crippen molar-refractivity contribution in [2.75, 3.05) is 13.2 Å². The molecular formula is C21H44O3. The average Bonchev–Trinajstić information content (AvgIpc) is 2.57. The van der Waals surface area contributed by atoms with E-state index in [9.17, 15) is 5.11 Å². The van der Waals surface area contributed by atoms with Crippen molar-refractivity contribution in [3.05, 3.63) is 0 Å². The molecule has 2 unspecified atom stereocenters. The molecule has 146 valence electrons. The molecule has 0 aromatic rings. The quantitative estimate of drug-likeness (QED) is 0.223. The van der Waals surface area contributed by atoms with Gasteiger partial charge in [0.05, 0.1) is 0 Å². The maximum Gasteiger partial charge on any atom is 0.183 e. The van der Waals surface area contributed by atoms with Gasteiger partial charge in [0.2, 0.25) is 0 Å². The van der Waals surface area contributed by atoms with Gasteiger partial charge in [-0.05, 0) is 19.8 Å². The zero-order valence-corrected chi connectivity index (χ0v) is 16.7. The highest BCUT2D eigenvalue weighted by Gasteiger charge is 2.15. The Balaban J connectivity index is 3.46. The van der Waals surface area contributed by atoms with Gasteiger partial charge in [0, 0.05) is 13.2 Å². The highest BCUT2D eigenvalue weighted by molar-refractivity contribution is 4.54. The molecule has 0 saturated carbocycles. The van der Waals surface area contributed by atoms with E-state index in [0.717, 1.165) is 12.8 Å². The molecule has 3 heteroatoms. The molecule has 0 aliphatic rings. The van der Waals surface area contributed by atoms with Crippen LogP contribution in [0, 0.1) is 0 Å². The fraction of sp³-hybridized carbons (Fsp3) is 1.00. The molecule has 0 saturated heterocycles. The fourth-order valence-corrected chi connectivity index (χ4v) is 2.84. The summed E-state index contributed by atoms with van der Waals surface area (Å²) in [5.41, 5.74) is 0. The van der Waals surface area contributed by atoms with Gasteiger partial charge in [-0.2, -0.15) is 0 Å². The van der Waals surface area contributed by atoms with Crippen molar-refractivity contribution in [2.45, 2.75) is 123 Å². The number of aliphatic hydroxyl groups is 1. The predicted octanol–water partition coefficient (Wildman–Crippen LogP) is 6.23. The van der Waals surface area contributed by atoms with E-state index >= 15 is 0 Å². The van der Waals surface area contributed by atoms with Gasteiger partial charge in [0.25, 0.3) is 0 Å². The summed E-state index contributed by atoms with van der Waals surface area (Å²) in [5, 5.41) is 9.76. The molecule has 1 N–H and O–H groups in total. The van der Waals surface area contributed by atoms with Crippen LogP contribution in [0.4, 0.5) is 0 Å². The van der Waals surface area contributed by atoms with Crippen LogP contribution >= 0.6 is 0 Å². The van der Waals surface area contributed by atoms with E-state index in [1.54, 1.807) is 6.92 Å². The number of aliphatic hydroxyl groups excluding tert-OH is 1. The maximum absolute atomic E-state index is 9.76. The second kappa shape index (κ2) is 19.2. The second-order valence-electron chi connectivity index (χ2n) is 7.09. The number of hydrogen-bond acceptors (Lipinski definition) is 3. The monoisotopic (exact) mass is 344 g/mol. The van der Waals surface area contributed by atoms with Gasteiger partial charge >= 0.3 is 0 Å². The third-order valence-corrected chi connectivity index (χ3v) is 4.45. The van der Waals surface area contributed by atoms with E-state index < -0.39 is 12.4 Å². The Labute approximate surface area is 151 Å².